The number of hydrogen-bond acceptors (Lipinski definition) is 3. The van der Waals surface area contributed by atoms with Crippen molar-refractivity contribution in [2.45, 2.75) is 38.1 Å². The quantitative estimate of drug-likeness (QED) is 0.241. The predicted molar refractivity (Wildman–Crippen MR) is 112 cm³/mol. The molecule has 0 unspecified atom stereocenters. The van der Waals surface area contributed by atoms with Crippen molar-refractivity contribution in [1.29, 1.82) is 0 Å². The summed E-state index contributed by atoms with van der Waals surface area (Å²) in [7, 11) is 1.71. The minimum Gasteiger partial charge on any atom is -0.492 e. The molecule has 0 atom stereocenters. The SMILES string of the molecule is CN=C(NCCOc1ccccc1)NCCC(=O)NC1CCCC1.I. The molecule has 0 saturated heterocycles. The molecule has 0 bridgehead atoms. The maximum Gasteiger partial charge on any atom is 0.221 e. The van der Waals surface area contributed by atoms with Crippen LogP contribution in [0.25, 0.3) is 0 Å². The number of halogens is 1. The van der Waals surface area contributed by atoms with Crippen LogP contribution >= 0.6 is 24.0 Å². The summed E-state index contributed by atoms with van der Waals surface area (Å²) < 4.78 is 5.61. The molecule has 25 heavy (non-hydrogen) atoms. The van der Waals surface area contributed by atoms with Crippen molar-refractivity contribution < 1.29 is 9.53 Å². The lowest BCUT2D eigenvalue weighted by atomic mass is 10.2. The van der Waals surface area contributed by atoms with Gasteiger partial charge in [-0.3, -0.25) is 9.79 Å². The van der Waals surface area contributed by atoms with Crippen LogP contribution in [0.4, 0.5) is 0 Å². The van der Waals surface area contributed by atoms with Gasteiger partial charge in [0, 0.05) is 26.1 Å². The third kappa shape index (κ3) is 8.94. The van der Waals surface area contributed by atoms with Crippen molar-refractivity contribution in [2.24, 2.45) is 4.99 Å². The maximum absolute atomic E-state index is 11.9. The highest BCUT2D eigenvalue weighted by Gasteiger charge is 2.16. The Morgan fingerprint density at radius 3 is 2.52 bits per heavy atom. The largest absolute Gasteiger partial charge is 0.492 e. The molecular weight excluding hydrogens is 431 g/mol. The molecule has 1 fully saturated rings. The number of guanidine groups is 1. The zero-order valence-electron chi connectivity index (χ0n) is 14.8. The zero-order valence-corrected chi connectivity index (χ0v) is 17.1. The molecule has 1 aromatic rings. The minimum absolute atomic E-state index is 0. The van der Waals surface area contributed by atoms with Crippen molar-refractivity contribution in [3.63, 3.8) is 0 Å². The van der Waals surface area contributed by atoms with Crippen molar-refractivity contribution in [3.8, 4) is 5.75 Å². The van der Waals surface area contributed by atoms with Crippen LogP contribution in [0, 0.1) is 0 Å². The fourth-order valence-electron chi connectivity index (χ4n) is 2.74. The maximum atomic E-state index is 11.9. The molecule has 0 aliphatic heterocycles. The summed E-state index contributed by atoms with van der Waals surface area (Å²) in [6.45, 7) is 1.76. The molecule has 1 aliphatic carbocycles. The number of para-hydroxylation sites is 1. The van der Waals surface area contributed by atoms with E-state index in [-0.39, 0.29) is 29.9 Å². The summed E-state index contributed by atoms with van der Waals surface area (Å²) in [5, 5.41) is 9.40. The number of ether oxygens (including phenoxy) is 1. The molecule has 6 nitrogen and oxygen atoms in total. The minimum atomic E-state index is 0. The summed E-state index contributed by atoms with van der Waals surface area (Å²) >= 11 is 0. The van der Waals surface area contributed by atoms with Gasteiger partial charge in [0.25, 0.3) is 0 Å². The van der Waals surface area contributed by atoms with E-state index in [9.17, 15) is 4.79 Å². The Balaban J connectivity index is 0.00000312. The number of hydrogen-bond donors (Lipinski definition) is 3. The lowest BCUT2D eigenvalue weighted by Gasteiger charge is -2.14. The first-order valence-corrected chi connectivity index (χ1v) is 8.69. The Hall–Kier alpha value is -1.51. The molecular formula is C18H29IN4O2. The van der Waals surface area contributed by atoms with Gasteiger partial charge >= 0.3 is 0 Å². The lowest BCUT2D eigenvalue weighted by molar-refractivity contribution is -0.121. The van der Waals surface area contributed by atoms with E-state index in [1.54, 1.807) is 7.05 Å². The van der Waals surface area contributed by atoms with E-state index in [1.165, 1.54) is 12.8 Å². The van der Waals surface area contributed by atoms with E-state index in [1.807, 2.05) is 30.3 Å². The topological polar surface area (TPSA) is 74.8 Å². The van der Waals surface area contributed by atoms with Crippen LogP contribution in [0.5, 0.6) is 5.75 Å². The number of carbonyl (C=O) groups is 1. The van der Waals surface area contributed by atoms with Crippen molar-refractivity contribution in [3.05, 3.63) is 30.3 Å². The standard InChI is InChI=1S/C18H28N4O2.HI/c1-19-18(21-13-14-24-16-9-3-2-4-10-16)20-12-11-17(23)22-15-7-5-6-8-15;/h2-4,9-10,15H,5-8,11-14H2,1H3,(H,22,23)(H2,19,20,21);1H. The van der Waals surface area contributed by atoms with E-state index in [4.69, 9.17) is 4.74 Å². The van der Waals surface area contributed by atoms with Gasteiger partial charge in [-0.25, -0.2) is 0 Å². The van der Waals surface area contributed by atoms with E-state index < -0.39 is 0 Å². The highest BCUT2D eigenvalue weighted by Crippen LogP contribution is 2.17. The van der Waals surface area contributed by atoms with Crippen LogP contribution in [0.3, 0.4) is 0 Å². The monoisotopic (exact) mass is 460 g/mol. The van der Waals surface area contributed by atoms with Crippen LogP contribution < -0.4 is 20.7 Å². The number of amides is 1. The van der Waals surface area contributed by atoms with Gasteiger partial charge in [-0.05, 0) is 25.0 Å². The average Bonchev–Trinajstić information content (AvgIpc) is 3.11. The number of aliphatic imine (C=N–C) groups is 1. The molecule has 0 heterocycles. The number of nitrogens with zero attached hydrogens (tertiary/aromatic N) is 1. The lowest BCUT2D eigenvalue weighted by Crippen LogP contribution is -2.41. The summed E-state index contributed by atoms with van der Waals surface area (Å²) in [5.41, 5.74) is 0. The van der Waals surface area contributed by atoms with Crippen LogP contribution in [0.15, 0.2) is 35.3 Å². The number of benzene rings is 1. The van der Waals surface area contributed by atoms with Crippen LogP contribution in [-0.2, 0) is 4.79 Å². The van der Waals surface area contributed by atoms with Crippen LogP contribution in [-0.4, -0.2) is 44.7 Å². The Labute approximate surface area is 167 Å². The molecule has 1 amide bonds. The van der Waals surface area contributed by atoms with Crippen LogP contribution in [0.1, 0.15) is 32.1 Å². The predicted octanol–water partition coefficient (Wildman–Crippen LogP) is 2.30. The highest BCUT2D eigenvalue weighted by molar-refractivity contribution is 14.0. The fraction of sp³-hybridized carbons (Fsp3) is 0.556. The number of nitrogens with one attached hydrogen (secondary N) is 3. The fourth-order valence-corrected chi connectivity index (χ4v) is 2.74. The normalized spacial score (nSPS) is 14.5. The molecule has 0 spiro atoms. The van der Waals surface area contributed by atoms with Gasteiger partial charge in [0.15, 0.2) is 5.96 Å². The summed E-state index contributed by atoms with van der Waals surface area (Å²) in [5.74, 6) is 1.64. The highest BCUT2D eigenvalue weighted by atomic mass is 127. The molecule has 1 saturated carbocycles. The third-order valence-electron chi connectivity index (χ3n) is 3.99. The molecule has 0 aromatic heterocycles. The smallest absolute Gasteiger partial charge is 0.221 e. The third-order valence-corrected chi connectivity index (χ3v) is 3.99. The second-order valence-corrected chi connectivity index (χ2v) is 5.89. The van der Waals surface area contributed by atoms with Gasteiger partial charge in [0.2, 0.25) is 5.91 Å². The molecule has 3 N–H and O–H groups in total. The second-order valence-electron chi connectivity index (χ2n) is 5.89. The van der Waals surface area contributed by atoms with Gasteiger partial charge in [-0.1, -0.05) is 31.0 Å². The van der Waals surface area contributed by atoms with E-state index in [2.05, 4.69) is 20.9 Å². The van der Waals surface area contributed by atoms with Crippen LogP contribution in [0.2, 0.25) is 0 Å². The zero-order chi connectivity index (χ0) is 17.0. The number of rotatable bonds is 8. The van der Waals surface area contributed by atoms with E-state index in [0.717, 1.165) is 18.6 Å². The molecule has 1 aromatic carbocycles. The number of carbonyl (C=O) groups excluding carboxylic acids is 1. The van der Waals surface area contributed by atoms with Crippen molar-refractivity contribution in [2.75, 3.05) is 26.7 Å². The molecule has 140 valence electrons. The molecule has 0 radical (unpaired) electrons. The van der Waals surface area contributed by atoms with Gasteiger partial charge in [-0.2, -0.15) is 0 Å². The van der Waals surface area contributed by atoms with E-state index >= 15 is 0 Å². The van der Waals surface area contributed by atoms with Gasteiger partial charge in [0.1, 0.15) is 12.4 Å². The van der Waals surface area contributed by atoms with Gasteiger partial charge in [0.05, 0.1) is 6.54 Å². The average molecular weight is 460 g/mol. The molecule has 2 rings (SSSR count). The van der Waals surface area contributed by atoms with E-state index in [0.29, 0.717) is 38.1 Å². The second kappa shape index (κ2) is 12.8. The Bertz CT molecular complexity index is 519. The first-order chi connectivity index (χ1) is 11.8. The molecule has 7 heteroatoms. The Morgan fingerprint density at radius 1 is 1.16 bits per heavy atom. The summed E-state index contributed by atoms with van der Waals surface area (Å²) in [6, 6.07) is 10.1. The van der Waals surface area contributed by atoms with Crippen molar-refractivity contribution in [1.82, 2.24) is 16.0 Å². The van der Waals surface area contributed by atoms with Crippen molar-refractivity contribution >= 4 is 35.8 Å². The molecule has 1 aliphatic rings. The Morgan fingerprint density at radius 2 is 1.84 bits per heavy atom. The Kier molecular flexibility index (Phi) is 11.0. The first kappa shape index (κ1) is 21.5. The summed E-state index contributed by atoms with van der Waals surface area (Å²) in [6.07, 6.45) is 5.14. The van der Waals surface area contributed by atoms with Gasteiger partial charge in [-0.15, -0.1) is 24.0 Å². The summed E-state index contributed by atoms with van der Waals surface area (Å²) in [4.78, 5) is 16.0. The first-order valence-electron chi connectivity index (χ1n) is 8.69. The van der Waals surface area contributed by atoms with Gasteiger partial charge < -0.3 is 20.7 Å².